The summed E-state index contributed by atoms with van der Waals surface area (Å²) in [4.78, 5) is 25.2. The zero-order chi connectivity index (χ0) is 24.8. The summed E-state index contributed by atoms with van der Waals surface area (Å²) in [6, 6.07) is 19.8. The van der Waals surface area contributed by atoms with Gasteiger partial charge in [0, 0.05) is 43.0 Å². The van der Waals surface area contributed by atoms with Crippen LogP contribution < -0.4 is 15.4 Å². The molecule has 3 aromatic carbocycles. The molecule has 0 atom stereocenters. The predicted molar refractivity (Wildman–Crippen MR) is 135 cm³/mol. The van der Waals surface area contributed by atoms with E-state index >= 15 is 0 Å². The van der Waals surface area contributed by atoms with E-state index in [1.165, 1.54) is 23.5 Å². The second-order valence-electron chi connectivity index (χ2n) is 8.47. The summed E-state index contributed by atoms with van der Waals surface area (Å²) < 4.78 is 32.3. The molecule has 0 bridgehead atoms. The number of methoxy groups -OCH3 is 1. The Morgan fingerprint density at radius 2 is 1.66 bits per heavy atom. The van der Waals surface area contributed by atoms with Gasteiger partial charge in [0.15, 0.2) is 0 Å². The number of piperidine rings is 1. The van der Waals surface area contributed by atoms with Crippen molar-refractivity contribution in [1.82, 2.24) is 9.62 Å². The van der Waals surface area contributed by atoms with Crippen LogP contribution >= 0.6 is 0 Å². The minimum atomic E-state index is -3.62. The van der Waals surface area contributed by atoms with E-state index in [2.05, 4.69) is 10.6 Å². The van der Waals surface area contributed by atoms with Gasteiger partial charge in [0.1, 0.15) is 5.75 Å². The van der Waals surface area contributed by atoms with Gasteiger partial charge in [0.2, 0.25) is 21.8 Å². The molecule has 1 aliphatic rings. The van der Waals surface area contributed by atoms with Crippen molar-refractivity contribution in [2.45, 2.75) is 24.2 Å². The molecule has 1 aliphatic heterocycles. The fourth-order valence-electron chi connectivity index (χ4n) is 4.25. The summed E-state index contributed by atoms with van der Waals surface area (Å²) in [7, 11) is -2.09. The van der Waals surface area contributed by atoms with Crippen LogP contribution in [0, 0.1) is 5.92 Å². The van der Waals surface area contributed by atoms with Crippen LogP contribution in [0.3, 0.4) is 0 Å². The number of benzene rings is 3. The second-order valence-corrected chi connectivity index (χ2v) is 10.4. The number of fused-ring (bicyclic) bond motifs is 1. The Morgan fingerprint density at radius 3 is 2.37 bits per heavy atom. The van der Waals surface area contributed by atoms with E-state index in [0.29, 0.717) is 18.6 Å². The molecule has 0 aromatic heterocycles. The number of carbonyl (C=O) groups excluding carboxylic acids is 2. The van der Waals surface area contributed by atoms with Crippen LogP contribution in [0.5, 0.6) is 5.75 Å². The fraction of sp³-hybridized carbons (Fsp3) is 0.308. The third-order valence-electron chi connectivity index (χ3n) is 6.24. The molecule has 184 valence electrons. The van der Waals surface area contributed by atoms with Crippen LogP contribution in [0.25, 0.3) is 10.8 Å². The average molecular weight is 496 g/mol. The summed E-state index contributed by atoms with van der Waals surface area (Å²) in [6.07, 6.45) is 1.02. The largest absolute Gasteiger partial charge is 0.497 e. The Morgan fingerprint density at radius 1 is 0.971 bits per heavy atom. The average Bonchev–Trinajstić information content (AvgIpc) is 2.89. The Hall–Kier alpha value is -3.43. The summed E-state index contributed by atoms with van der Waals surface area (Å²) in [5.74, 6) is -0.0184. The number of hydrogen-bond donors (Lipinski definition) is 2. The van der Waals surface area contributed by atoms with Gasteiger partial charge in [-0.15, -0.1) is 0 Å². The molecule has 4 rings (SSSR count). The molecule has 35 heavy (non-hydrogen) atoms. The standard InChI is InChI=1S/C26H29N3O5S/c1-34-21-9-11-22(12-10-21)35(32,33)29-17-14-20(15-18-29)26(31)27-16-13-25(30)28-24-8-4-6-19-5-2-3-7-23(19)24/h2-12,20H,13-18H2,1H3,(H,27,31)(H,28,30). The van der Waals surface area contributed by atoms with Gasteiger partial charge in [-0.1, -0.05) is 36.4 Å². The maximum atomic E-state index is 12.9. The van der Waals surface area contributed by atoms with Gasteiger partial charge in [-0.2, -0.15) is 4.31 Å². The molecule has 0 radical (unpaired) electrons. The maximum absolute atomic E-state index is 12.9. The molecule has 9 heteroatoms. The van der Waals surface area contributed by atoms with Gasteiger partial charge in [0.25, 0.3) is 0 Å². The number of nitrogens with zero attached hydrogens (tertiary/aromatic N) is 1. The first kappa shape index (κ1) is 24.7. The first-order valence-electron chi connectivity index (χ1n) is 11.6. The number of rotatable bonds is 8. The molecule has 3 aromatic rings. The van der Waals surface area contributed by atoms with Gasteiger partial charge in [0.05, 0.1) is 12.0 Å². The third-order valence-corrected chi connectivity index (χ3v) is 8.15. The van der Waals surface area contributed by atoms with Crippen molar-refractivity contribution in [2.24, 2.45) is 5.92 Å². The normalized spacial score (nSPS) is 15.0. The molecule has 0 saturated carbocycles. The highest BCUT2D eigenvalue weighted by molar-refractivity contribution is 7.89. The van der Waals surface area contributed by atoms with Crippen LogP contribution in [0.15, 0.2) is 71.6 Å². The molecular weight excluding hydrogens is 466 g/mol. The smallest absolute Gasteiger partial charge is 0.243 e. The van der Waals surface area contributed by atoms with Crippen molar-refractivity contribution in [2.75, 3.05) is 32.1 Å². The Kier molecular flexibility index (Phi) is 7.67. The molecule has 8 nitrogen and oxygen atoms in total. The van der Waals surface area contributed by atoms with E-state index in [1.807, 2.05) is 42.5 Å². The van der Waals surface area contributed by atoms with Crippen LogP contribution in [0.4, 0.5) is 5.69 Å². The van der Waals surface area contributed by atoms with E-state index in [0.717, 1.165) is 16.5 Å². The lowest BCUT2D eigenvalue weighted by molar-refractivity contribution is -0.126. The van der Waals surface area contributed by atoms with Crippen LogP contribution in [0.1, 0.15) is 19.3 Å². The molecule has 1 heterocycles. The minimum Gasteiger partial charge on any atom is -0.497 e. The number of ether oxygens (including phenoxy) is 1. The lowest BCUT2D eigenvalue weighted by Gasteiger charge is -2.30. The van der Waals surface area contributed by atoms with Gasteiger partial charge < -0.3 is 15.4 Å². The fourth-order valence-corrected chi connectivity index (χ4v) is 5.72. The Labute approximate surface area is 205 Å². The van der Waals surface area contributed by atoms with E-state index in [1.54, 1.807) is 12.1 Å². The third kappa shape index (κ3) is 5.80. The minimum absolute atomic E-state index is 0.149. The van der Waals surface area contributed by atoms with Gasteiger partial charge >= 0.3 is 0 Å². The van der Waals surface area contributed by atoms with Gasteiger partial charge in [-0.05, 0) is 48.6 Å². The molecule has 2 amide bonds. The highest BCUT2D eigenvalue weighted by Crippen LogP contribution is 2.26. The Bertz CT molecular complexity index is 1290. The first-order valence-corrected chi connectivity index (χ1v) is 13.0. The summed E-state index contributed by atoms with van der Waals surface area (Å²) >= 11 is 0. The van der Waals surface area contributed by atoms with Crippen molar-refractivity contribution >= 4 is 38.3 Å². The molecule has 0 aliphatic carbocycles. The number of nitrogens with one attached hydrogen (secondary N) is 2. The van der Waals surface area contributed by atoms with E-state index in [9.17, 15) is 18.0 Å². The predicted octanol–water partition coefficient (Wildman–Crippen LogP) is 3.39. The summed E-state index contributed by atoms with van der Waals surface area (Å²) in [5, 5.41) is 7.74. The molecular formula is C26H29N3O5S. The summed E-state index contributed by atoms with van der Waals surface area (Å²) in [5.41, 5.74) is 0.741. The number of amides is 2. The van der Waals surface area contributed by atoms with Crippen molar-refractivity contribution in [1.29, 1.82) is 0 Å². The van der Waals surface area contributed by atoms with Crippen molar-refractivity contribution in [3.8, 4) is 5.75 Å². The topological polar surface area (TPSA) is 105 Å². The zero-order valence-electron chi connectivity index (χ0n) is 19.6. The Balaban J connectivity index is 1.23. The quantitative estimate of drug-likeness (QED) is 0.498. The zero-order valence-corrected chi connectivity index (χ0v) is 20.4. The van der Waals surface area contributed by atoms with E-state index in [4.69, 9.17) is 4.74 Å². The number of hydrogen-bond acceptors (Lipinski definition) is 5. The number of sulfonamides is 1. The first-order chi connectivity index (χ1) is 16.9. The van der Waals surface area contributed by atoms with Crippen molar-refractivity contribution in [3.63, 3.8) is 0 Å². The number of anilines is 1. The van der Waals surface area contributed by atoms with E-state index in [-0.39, 0.29) is 48.7 Å². The number of carbonyl (C=O) groups is 2. The second kappa shape index (κ2) is 10.9. The molecule has 0 unspecified atom stereocenters. The van der Waals surface area contributed by atoms with Gasteiger partial charge in [-0.3, -0.25) is 9.59 Å². The molecule has 2 N–H and O–H groups in total. The highest BCUT2D eigenvalue weighted by atomic mass is 32.2. The van der Waals surface area contributed by atoms with Gasteiger partial charge in [-0.25, -0.2) is 8.42 Å². The highest BCUT2D eigenvalue weighted by Gasteiger charge is 2.32. The summed E-state index contributed by atoms with van der Waals surface area (Å²) in [6.45, 7) is 0.766. The lowest BCUT2D eigenvalue weighted by atomic mass is 9.97. The molecule has 1 saturated heterocycles. The van der Waals surface area contributed by atoms with Crippen LogP contribution in [-0.4, -0.2) is 51.3 Å². The maximum Gasteiger partial charge on any atom is 0.243 e. The van der Waals surface area contributed by atoms with Crippen LogP contribution in [0.2, 0.25) is 0 Å². The molecule has 1 fully saturated rings. The van der Waals surface area contributed by atoms with Crippen LogP contribution in [-0.2, 0) is 19.6 Å². The van der Waals surface area contributed by atoms with Crippen molar-refractivity contribution < 1.29 is 22.7 Å². The SMILES string of the molecule is COc1ccc(S(=O)(=O)N2CCC(C(=O)NCCC(=O)Nc3cccc4ccccc34)CC2)cc1. The lowest BCUT2D eigenvalue weighted by Crippen LogP contribution is -2.43. The van der Waals surface area contributed by atoms with E-state index < -0.39 is 10.0 Å². The van der Waals surface area contributed by atoms with Crippen molar-refractivity contribution in [3.05, 3.63) is 66.7 Å². The molecule has 0 spiro atoms. The monoisotopic (exact) mass is 495 g/mol.